The molecule has 1 aromatic heterocycles. The molecule has 1 aliphatic heterocycles. The highest BCUT2D eigenvalue weighted by atomic mass is 32.2. The predicted molar refractivity (Wildman–Crippen MR) is 73.2 cm³/mol. The second-order valence-electron chi connectivity index (χ2n) is 5.48. The van der Waals surface area contributed by atoms with Gasteiger partial charge < -0.3 is 5.32 Å². The number of hydrogen-bond donors (Lipinski definition) is 1. The van der Waals surface area contributed by atoms with E-state index in [0.717, 1.165) is 31.1 Å². The third kappa shape index (κ3) is 3.42. The Kier molecular flexibility index (Phi) is 3.73. The first-order valence-electron chi connectivity index (χ1n) is 6.15. The van der Waals surface area contributed by atoms with Gasteiger partial charge in [0.05, 0.1) is 11.4 Å². The van der Waals surface area contributed by atoms with Gasteiger partial charge in [-0.05, 0) is 25.5 Å². The van der Waals surface area contributed by atoms with Gasteiger partial charge in [0.2, 0.25) is 0 Å². The monoisotopic (exact) mass is 251 g/mol. The highest BCUT2D eigenvalue weighted by Gasteiger charge is 2.17. The van der Waals surface area contributed by atoms with E-state index in [9.17, 15) is 0 Å². The molecule has 0 aliphatic carbocycles. The molecule has 0 saturated carbocycles. The summed E-state index contributed by atoms with van der Waals surface area (Å²) >= 11 is 1.90. The predicted octanol–water partition coefficient (Wildman–Crippen LogP) is 2.46. The molecule has 0 bridgehead atoms. The van der Waals surface area contributed by atoms with Crippen LogP contribution in [0.1, 0.15) is 43.5 Å². The lowest BCUT2D eigenvalue weighted by Crippen LogP contribution is -2.26. The zero-order valence-electron chi connectivity index (χ0n) is 11.1. The van der Waals surface area contributed by atoms with E-state index >= 15 is 0 Å². The number of fused-ring (bicyclic) bond motifs is 1. The van der Waals surface area contributed by atoms with Crippen molar-refractivity contribution in [1.29, 1.82) is 0 Å². The van der Waals surface area contributed by atoms with Gasteiger partial charge in [0.1, 0.15) is 5.82 Å². The van der Waals surface area contributed by atoms with Crippen molar-refractivity contribution < 1.29 is 0 Å². The fraction of sp³-hybridized carbons (Fsp3) is 0.692. The molecule has 2 heterocycles. The molecule has 0 radical (unpaired) electrons. The van der Waals surface area contributed by atoms with Crippen molar-refractivity contribution in [3.63, 3.8) is 0 Å². The third-order valence-electron chi connectivity index (χ3n) is 2.82. The van der Waals surface area contributed by atoms with Crippen LogP contribution in [0, 0.1) is 6.92 Å². The van der Waals surface area contributed by atoms with E-state index in [1.807, 2.05) is 11.8 Å². The molecule has 17 heavy (non-hydrogen) atoms. The first-order chi connectivity index (χ1) is 7.96. The van der Waals surface area contributed by atoms with Gasteiger partial charge in [0.15, 0.2) is 0 Å². The van der Waals surface area contributed by atoms with Gasteiger partial charge in [-0.2, -0.15) is 0 Å². The van der Waals surface area contributed by atoms with Gasteiger partial charge in [0, 0.05) is 17.0 Å². The first-order valence-corrected chi connectivity index (χ1v) is 7.14. The maximum atomic E-state index is 4.68. The van der Waals surface area contributed by atoms with Crippen LogP contribution in [0.25, 0.3) is 0 Å². The summed E-state index contributed by atoms with van der Waals surface area (Å²) in [6, 6.07) is 0. The normalized spacial score (nSPS) is 15.8. The highest BCUT2D eigenvalue weighted by Crippen LogP contribution is 2.26. The summed E-state index contributed by atoms with van der Waals surface area (Å²) in [5.41, 5.74) is 3.72. The standard InChI is InChI=1S/C13H21N3S/c1-9-10-5-6-14-7-11(10)16-12(15-9)8-17-13(2,3)4/h14H,5-8H2,1-4H3. The Morgan fingerprint density at radius 3 is 2.76 bits per heavy atom. The van der Waals surface area contributed by atoms with Crippen LogP contribution >= 0.6 is 11.8 Å². The summed E-state index contributed by atoms with van der Waals surface area (Å²) in [7, 11) is 0. The van der Waals surface area contributed by atoms with E-state index in [-0.39, 0.29) is 4.75 Å². The van der Waals surface area contributed by atoms with Crippen LogP contribution in [0.15, 0.2) is 0 Å². The van der Waals surface area contributed by atoms with E-state index in [0.29, 0.717) is 0 Å². The summed E-state index contributed by atoms with van der Waals surface area (Å²) < 4.78 is 0.269. The van der Waals surface area contributed by atoms with Crippen LogP contribution < -0.4 is 5.32 Å². The van der Waals surface area contributed by atoms with Crippen LogP contribution in [0.3, 0.4) is 0 Å². The van der Waals surface area contributed by atoms with Crippen molar-refractivity contribution in [1.82, 2.24) is 15.3 Å². The zero-order valence-corrected chi connectivity index (χ0v) is 11.9. The van der Waals surface area contributed by atoms with Crippen LogP contribution in [-0.4, -0.2) is 21.3 Å². The Balaban J connectivity index is 2.16. The molecular weight excluding hydrogens is 230 g/mol. The van der Waals surface area contributed by atoms with Crippen molar-refractivity contribution >= 4 is 11.8 Å². The minimum atomic E-state index is 0.269. The van der Waals surface area contributed by atoms with Gasteiger partial charge in [-0.3, -0.25) is 0 Å². The topological polar surface area (TPSA) is 37.8 Å². The molecule has 2 rings (SSSR count). The Morgan fingerprint density at radius 1 is 1.29 bits per heavy atom. The Bertz CT molecular complexity index is 410. The Hall–Kier alpha value is -0.610. The smallest absolute Gasteiger partial charge is 0.138 e. The van der Waals surface area contributed by atoms with Crippen LogP contribution in [0.2, 0.25) is 0 Å². The largest absolute Gasteiger partial charge is 0.311 e. The molecule has 0 amide bonds. The van der Waals surface area contributed by atoms with Gasteiger partial charge >= 0.3 is 0 Å². The molecule has 0 spiro atoms. The molecular formula is C13H21N3S. The van der Waals surface area contributed by atoms with Gasteiger partial charge in [0.25, 0.3) is 0 Å². The second kappa shape index (κ2) is 4.94. The first kappa shape index (κ1) is 12.8. The quantitative estimate of drug-likeness (QED) is 0.876. The Morgan fingerprint density at radius 2 is 2.06 bits per heavy atom. The van der Waals surface area contributed by atoms with Crippen LogP contribution in [0.5, 0.6) is 0 Å². The number of aryl methyl sites for hydroxylation is 1. The lowest BCUT2D eigenvalue weighted by molar-refractivity contribution is 0.614. The number of nitrogens with one attached hydrogen (secondary N) is 1. The molecule has 4 heteroatoms. The molecule has 0 unspecified atom stereocenters. The summed E-state index contributed by atoms with van der Waals surface area (Å²) in [4.78, 5) is 9.31. The summed E-state index contributed by atoms with van der Waals surface area (Å²) in [6.07, 6.45) is 1.06. The fourth-order valence-corrected chi connectivity index (χ4v) is 2.65. The minimum Gasteiger partial charge on any atom is -0.311 e. The molecule has 1 N–H and O–H groups in total. The maximum Gasteiger partial charge on any atom is 0.138 e. The Labute approximate surface area is 108 Å². The van der Waals surface area contributed by atoms with Crippen LogP contribution in [0.4, 0.5) is 0 Å². The molecule has 1 aromatic rings. The second-order valence-corrected chi connectivity index (χ2v) is 7.28. The number of aromatic nitrogens is 2. The van der Waals surface area contributed by atoms with E-state index < -0.39 is 0 Å². The molecule has 0 aromatic carbocycles. The van der Waals surface area contributed by atoms with E-state index in [2.05, 4.69) is 43.0 Å². The van der Waals surface area contributed by atoms with Gasteiger partial charge in [-0.1, -0.05) is 20.8 Å². The molecule has 0 atom stereocenters. The number of nitrogens with zero attached hydrogens (tertiary/aromatic N) is 2. The third-order valence-corrected chi connectivity index (χ3v) is 4.09. The van der Waals surface area contributed by atoms with Crippen molar-refractivity contribution in [2.75, 3.05) is 6.54 Å². The number of thioether (sulfide) groups is 1. The SMILES string of the molecule is Cc1nc(CSC(C)(C)C)nc2c1CCNC2. The van der Waals surface area contributed by atoms with Gasteiger partial charge in [-0.15, -0.1) is 11.8 Å². The van der Waals surface area contributed by atoms with Gasteiger partial charge in [-0.25, -0.2) is 9.97 Å². The molecule has 1 aliphatic rings. The minimum absolute atomic E-state index is 0.269. The van der Waals surface area contributed by atoms with Crippen molar-refractivity contribution in [3.05, 3.63) is 22.8 Å². The lowest BCUT2D eigenvalue weighted by Gasteiger charge is -2.20. The molecule has 0 fully saturated rings. The van der Waals surface area contributed by atoms with Crippen molar-refractivity contribution in [3.8, 4) is 0 Å². The highest BCUT2D eigenvalue weighted by molar-refractivity contribution is 7.99. The summed E-state index contributed by atoms with van der Waals surface area (Å²) in [6.45, 7) is 10.7. The number of hydrogen-bond acceptors (Lipinski definition) is 4. The average molecular weight is 251 g/mol. The van der Waals surface area contributed by atoms with Crippen LogP contribution in [-0.2, 0) is 18.7 Å². The lowest BCUT2D eigenvalue weighted by atomic mass is 10.1. The summed E-state index contributed by atoms with van der Waals surface area (Å²) in [5.74, 6) is 1.88. The molecule has 3 nitrogen and oxygen atoms in total. The average Bonchev–Trinajstić information content (AvgIpc) is 2.26. The van der Waals surface area contributed by atoms with Crippen molar-refractivity contribution in [2.45, 2.75) is 51.2 Å². The van der Waals surface area contributed by atoms with E-state index in [1.54, 1.807) is 0 Å². The zero-order chi connectivity index (χ0) is 12.5. The van der Waals surface area contributed by atoms with Crippen molar-refractivity contribution in [2.24, 2.45) is 0 Å². The summed E-state index contributed by atoms with van der Waals surface area (Å²) in [5, 5.41) is 3.37. The molecule has 94 valence electrons. The number of rotatable bonds is 2. The molecule has 0 saturated heterocycles. The fourth-order valence-electron chi connectivity index (χ4n) is 1.96. The maximum absolute atomic E-state index is 4.68. The van der Waals surface area contributed by atoms with E-state index in [1.165, 1.54) is 17.0 Å². The van der Waals surface area contributed by atoms with E-state index in [4.69, 9.17) is 0 Å².